The topological polar surface area (TPSA) is 18.5 Å². The van der Waals surface area contributed by atoms with E-state index >= 15 is 0 Å². The number of hydrogen-bond donors (Lipinski definition) is 0. The molecule has 1 aromatic carbocycles. The first-order chi connectivity index (χ1) is 6.22. The molecule has 0 saturated heterocycles. The highest BCUT2D eigenvalue weighted by Gasteiger charge is 2.06. The standard InChI is InChI=1S/C10H13IO2/c1-7-9(12-2)4-8(6-11)5-10(7)13-3/h4-5H,6H2,1-3H3. The van der Waals surface area contributed by atoms with Crippen molar-refractivity contribution in [2.24, 2.45) is 0 Å². The van der Waals surface area contributed by atoms with Crippen LogP contribution in [0, 0.1) is 6.92 Å². The Balaban J connectivity index is 3.20. The van der Waals surface area contributed by atoms with Crippen molar-refractivity contribution in [1.29, 1.82) is 0 Å². The Morgan fingerprint density at radius 3 is 1.92 bits per heavy atom. The van der Waals surface area contributed by atoms with Crippen molar-refractivity contribution < 1.29 is 9.47 Å². The molecular weight excluding hydrogens is 279 g/mol. The third kappa shape index (κ3) is 2.27. The summed E-state index contributed by atoms with van der Waals surface area (Å²) in [5.74, 6) is 1.79. The summed E-state index contributed by atoms with van der Waals surface area (Å²) in [5.41, 5.74) is 2.28. The molecular formula is C10H13IO2. The molecule has 0 aliphatic carbocycles. The molecule has 0 amide bonds. The van der Waals surface area contributed by atoms with E-state index in [-0.39, 0.29) is 0 Å². The number of hydrogen-bond acceptors (Lipinski definition) is 2. The highest BCUT2D eigenvalue weighted by atomic mass is 127. The summed E-state index contributed by atoms with van der Waals surface area (Å²) in [7, 11) is 3.36. The Bertz CT molecular complexity index is 272. The zero-order valence-corrected chi connectivity index (χ0v) is 10.2. The lowest BCUT2D eigenvalue weighted by Gasteiger charge is -2.11. The van der Waals surface area contributed by atoms with Gasteiger partial charge in [-0.2, -0.15) is 0 Å². The zero-order valence-electron chi connectivity index (χ0n) is 8.06. The predicted octanol–water partition coefficient (Wildman–Crippen LogP) is 2.95. The van der Waals surface area contributed by atoms with E-state index in [9.17, 15) is 0 Å². The van der Waals surface area contributed by atoms with Crippen LogP contribution in [0.4, 0.5) is 0 Å². The van der Waals surface area contributed by atoms with Crippen molar-refractivity contribution in [1.82, 2.24) is 0 Å². The number of halogens is 1. The van der Waals surface area contributed by atoms with E-state index in [4.69, 9.17) is 9.47 Å². The van der Waals surface area contributed by atoms with Crippen molar-refractivity contribution in [2.75, 3.05) is 14.2 Å². The Labute approximate surface area is 92.4 Å². The van der Waals surface area contributed by atoms with Gasteiger partial charge in [0.2, 0.25) is 0 Å². The molecule has 0 unspecified atom stereocenters. The van der Waals surface area contributed by atoms with E-state index in [1.165, 1.54) is 5.56 Å². The van der Waals surface area contributed by atoms with Crippen molar-refractivity contribution in [3.05, 3.63) is 23.3 Å². The molecule has 72 valence electrons. The van der Waals surface area contributed by atoms with Gasteiger partial charge in [0, 0.05) is 9.99 Å². The Hall–Kier alpha value is -0.450. The Morgan fingerprint density at radius 1 is 1.15 bits per heavy atom. The number of rotatable bonds is 3. The highest BCUT2D eigenvalue weighted by Crippen LogP contribution is 2.30. The van der Waals surface area contributed by atoms with Crippen LogP contribution in [0.15, 0.2) is 12.1 Å². The molecule has 0 fully saturated rings. The van der Waals surface area contributed by atoms with Crippen molar-refractivity contribution in [3.8, 4) is 11.5 Å². The SMILES string of the molecule is COc1cc(CI)cc(OC)c1C. The van der Waals surface area contributed by atoms with Crippen molar-refractivity contribution in [3.63, 3.8) is 0 Å². The van der Waals surface area contributed by atoms with Crippen LogP contribution < -0.4 is 9.47 Å². The smallest absolute Gasteiger partial charge is 0.125 e. The van der Waals surface area contributed by atoms with Gasteiger partial charge in [-0.1, -0.05) is 22.6 Å². The van der Waals surface area contributed by atoms with Gasteiger partial charge < -0.3 is 9.47 Å². The second kappa shape index (κ2) is 4.69. The molecule has 1 aromatic rings. The first-order valence-electron chi connectivity index (χ1n) is 4.00. The van der Waals surface area contributed by atoms with Gasteiger partial charge in [-0.15, -0.1) is 0 Å². The van der Waals surface area contributed by atoms with Gasteiger partial charge in [0.05, 0.1) is 14.2 Å². The van der Waals surface area contributed by atoms with Crippen molar-refractivity contribution in [2.45, 2.75) is 11.4 Å². The fourth-order valence-electron chi connectivity index (χ4n) is 1.22. The van der Waals surface area contributed by atoms with E-state index in [1.54, 1.807) is 14.2 Å². The van der Waals surface area contributed by atoms with Gasteiger partial charge in [-0.25, -0.2) is 0 Å². The fraction of sp³-hybridized carbons (Fsp3) is 0.400. The summed E-state index contributed by atoms with van der Waals surface area (Å²) in [5, 5.41) is 0. The van der Waals surface area contributed by atoms with E-state index in [0.29, 0.717) is 0 Å². The first-order valence-corrected chi connectivity index (χ1v) is 5.53. The van der Waals surface area contributed by atoms with E-state index in [0.717, 1.165) is 21.5 Å². The molecule has 13 heavy (non-hydrogen) atoms. The minimum absolute atomic E-state index is 0.894. The third-order valence-corrected chi connectivity index (χ3v) is 2.85. The third-order valence-electron chi connectivity index (χ3n) is 1.97. The average Bonchev–Trinajstić information content (AvgIpc) is 2.18. The zero-order chi connectivity index (χ0) is 9.84. The monoisotopic (exact) mass is 292 g/mol. The lowest BCUT2D eigenvalue weighted by Crippen LogP contribution is -1.94. The quantitative estimate of drug-likeness (QED) is 0.630. The number of methoxy groups -OCH3 is 2. The van der Waals surface area contributed by atoms with E-state index < -0.39 is 0 Å². The summed E-state index contributed by atoms with van der Waals surface area (Å²) in [6, 6.07) is 4.09. The predicted molar refractivity (Wildman–Crippen MR) is 62.0 cm³/mol. The van der Waals surface area contributed by atoms with Crippen LogP contribution in [0.5, 0.6) is 11.5 Å². The van der Waals surface area contributed by atoms with Crippen LogP contribution in [0.3, 0.4) is 0 Å². The van der Waals surface area contributed by atoms with Crippen LogP contribution in [-0.2, 0) is 4.43 Å². The molecule has 0 bridgehead atoms. The van der Waals surface area contributed by atoms with Crippen LogP contribution in [-0.4, -0.2) is 14.2 Å². The lowest BCUT2D eigenvalue weighted by molar-refractivity contribution is 0.388. The number of ether oxygens (including phenoxy) is 2. The van der Waals surface area contributed by atoms with Gasteiger partial charge in [0.25, 0.3) is 0 Å². The highest BCUT2D eigenvalue weighted by molar-refractivity contribution is 14.1. The van der Waals surface area contributed by atoms with Crippen LogP contribution in [0.25, 0.3) is 0 Å². The molecule has 2 nitrogen and oxygen atoms in total. The molecule has 0 atom stereocenters. The molecule has 0 saturated carbocycles. The van der Waals surface area contributed by atoms with Crippen molar-refractivity contribution >= 4 is 22.6 Å². The minimum atomic E-state index is 0.894. The number of alkyl halides is 1. The van der Waals surface area contributed by atoms with Crippen LogP contribution >= 0.6 is 22.6 Å². The molecule has 0 aliphatic heterocycles. The Morgan fingerprint density at radius 2 is 1.62 bits per heavy atom. The van der Waals surface area contributed by atoms with Crippen LogP contribution in [0.2, 0.25) is 0 Å². The number of benzene rings is 1. The van der Waals surface area contributed by atoms with Crippen LogP contribution in [0.1, 0.15) is 11.1 Å². The van der Waals surface area contributed by atoms with Gasteiger partial charge in [-0.05, 0) is 24.6 Å². The molecule has 0 N–H and O–H groups in total. The van der Waals surface area contributed by atoms with Gasteiger partial charge in [0.1, 0.15) is 11.5 Å². The van der Waals surface area contributed by atoms with E-state index in [1.807, 2.05) is 19.1 Å². The lowest BCUT2D eigenvalue weighted by atomic mass is 10.1. The second-order valence-corrected chi connectivity index (χ2v) is 3.52. The Kier molecular flexibility index (Phi) is 3.84. The second-order valence-electron chi connectivity index (χ2n) is 2.76. The molecule has 0 spiro atoms. The fourth-order valence-corrected chi connectivity index (χ4v) is 1.66. The summed E-state index contributed by atoms with van der Waals surface area (Å²) >= 11 is 2.32. The van der Waals surface area contributed by atoms with Gasteiger partial charge in [-0.3, -0.25) is 0 Å². The maximum absolute atomic E-state index is 5.25. The molecule has 0 heterocycles. The van der Waals surface area contributed by atoms with Gasteiger partial charge in [0.15, 0.2) is 0 Å². The molecule has 0 aromatic heterocycles. The normalized spacial score (nSPS) is 9.85. The molecule has 3 heteroatoms. The van der Waals surface area contributed by atoms with Gasteiger partial charge >= 0.3 is 0 Å². The average molecular weight is 292 g/mol. The minimum Gasteiger partial charge on any atom is -0.496 e. The first kappa shape index (κ1) is 10.6. The maximum Gasteiger partial charge on any atom is 0.125 e. The summed E-state index contributed by atoms with van der Waals surface area (Å²) in [6.45, 7) is 1.99. The maximum atomic E-state index is 5.25. The summed E-state index contributed by atoms with van der Waals surface area (Å²) in [4.78, 5) is 0. The molecule has 1 rings (SSSR count). The molecule has 0 radical (unpaired) electrons. The summed E-state index contributed by atoms with van der Waals surface area (Å²) < 4.78 is 11.5. The largest absolute Gasteiger partial charge is 0.496 e. The molecule has 0 aliphatic rings. The van der Waals surface area contributed by atoms with E-state index in [2.05, 4.69) is 22.6 Å². The summed E-state index contributed by atoms with van der Waals surface area (Å²) in [6.07, 6.45) is 0.